The highest BCUT2D eigenvalue weighted by molar-refractivity contribution is 5.77. The molecule has 0 radical (unpaired) electrons. The SMILES string of the molecule is Nc1cccc(OCC(=O)NCCCCn2ccnc2)c1. The number of nitrogens with zero attached hydrogens (tertiary/aromatic N) is 2. The van der Waals surface area contributed by atoms with Gasteiger partial charge in [0.15, 0.2) is 6.61 Å². The minimum Gasteiger partial charge on any atom is -0.484 e. The highest BCUT2D eigenvalue weighted by Gasteiger charge is 2.02. The summed E-state index contributed by atoms with van der Waals surface area (Å²) in [5.41, 5.74) is 6.25. The maximum atomic E-state index is 11.6. The molecular weight excluding hydrogens is 268 g/mol. The molecule has 6 heteroatoms. The van der Waals surface area contributed by atoms with E-state index in [1.807, 2.05) is 10.8 Å². The van der Waals surface area contributed by atoms with Crippen molar-refractivity contribution in [1.29, 1.82) is 0 Å². The van der Waals surface area contributed by atoms with Crippen molar-refractivity contribution in [2.24, 2.45) is 0 Å². The number of carbonyl (C=O) groups excluding carboxylic acids is 1. The minimum absolute atomic E-state index is 0.00493. The highest BCUT2D eigenvalue weighted by atomic mass is 16.5. The summed E-state index contributed by atoms with van der Waals surface area (Å²) in [6.07, 6.45) is 7.39. The Balaban J connectivity index is 1.55. The highest BCUT2D eigenvalue weighted by Crippen LogP contribution is 2.13. The molecule has 0 bridgehead atoms. The molecule has 2 rings (SSSR count). The van der Waals surface area contributed by atoms with Crippen LogP contribution in [0.15, 0.2) is 43.0 Å². The van der Waals surface area contributed by atoms with Crippen molar-refractivity contribution in [3.8, 4) is 5.75 Å². The lowest BCUT2D eigenvalue weighted by atomic mass is 10.3. The number of nitrogens with one attached hydrogen (secondary N) is 1. The van der Waals surface area contributed by atoms with Crippen molar-refractivity contribution in [2.45, 2.75) is 19.4 Å². The van der Waals surface area contributed by atoms with Crippen LogP contribution in [0.4, 0.5) is 5.69 Å². The van der Waals surface area contributed by atoms with Gasteiger partial charge in [-0.1, -0.05) is 6.07 Å². The van der Waals surface area contributed by atoms with E-state index in [4.69, 9.17) is 10.5 Å². The molecule has 1 aromatic carbocycles. The Hall–Kier alpha value is -2.50. The Labute approximate surface area is 123 Å². The molecule has 0 unspecified atom stereocenters. The zero-order valence-corrected chi connectivity index (χ0v) is 11.9. The average molecular weight is 288 g/mol. The standard InChI is InChI=1S/C15H20N4O2/c16-13-4-3-5-14(10-13)21-11-15(20)18-6-1-2-8-19-9-7-17-12-19/h3-5,7,9-10,12H,1-2,6,8,11,16H2,(H,18,20). The number of rotatable bonds is 8. The molecule has 0 saturated heterocycles. The summed E-state index contributed by atoms with van der Waals surface area (Å²) in [5.74, 6) is 0.477. The normalized spacial score (nSPS) is 10.3. The van der Waals surface area contributed by atoms with Crippen molar-refractivity contribution in [3.63, 3.8) is 0 Å². The zero-order chi connectivity index (χ0) is 14.9. The van der Waals surface area contributed by atoms with Gasteiger partial charge < -0.3 is 20.4 Å². The number of benzene rings is 1. The third-order valence-electron chi connectivity index (χ3n) is 2.95. The summed E-state index contributed by atoms with van der Waals surface area (Å²) in [7, 11) is 0. The van der Waals surface area contributed by atoms with Crippen LogP contribution < -0.4 is 15.8 Å². The molecule has 0 saturated carbocycles. The minimum atomic E-state index is -0.125. The summed E-state index contributed by atoms with van der Waals surface area (Å²) < 4.78 is 7.38. The van der Waals surface area contributed by atoms with Gasteiger partial charge in [0.2, 0.25) is 0 Å². The number of imidazole rings is 1. The molecule has 3 N–H and O–H groups in total. The summed E-state index contributed by atoms with van der Waals surface area (Å²) in [6.45, 7) is 1.56. The Morgan fingerprint density at radius 2 is 2.29 bits per heavy atom. The van der Waals surface area contributed by atoms with Crippen LogP contribution in [0.1, 0.15) is 12.8 Å². The number of aryl methyl sites for hydroxylation is 1. The van der Waals surface area contributed by atoms with Gasteiger partial charge in [0.25, 0.3) is 5.91 Å². The second-order valence-corrected chi connectivity index (χ2v) is 4.72. The van der Waals surface area contributed by atoms with Crippen LogP contribution in [0.5, 0.6) is 5.75 Å². The maximum Gasteiger partial charge on any atom is 0.257 e. The Bertz CT molecular complexity index is 555. The summed E-state index contributed by atoms with van der Waals surface area (Å²) in [5, 5.41) is 2.83. The van der Waals surface area contributed by atoms with Crippen molar-refractivity contribution in [1.82, 2.24) is 14.9 Å². The third kappa shape index (κ3) is 5.56. The van der Waals surface area contributed by atoms with Crippen molar-refractivity contribution in [3.05, 3.63) is 43.0 Å². The largest absolute Gasteiger partial charge is 0.484 e. The lowest BCUT2D eigenvalue weighted by Gasteiger charge is -2.08. The predicted molar refractivity (Wildman–Crippen MR) is 80.8 cm³/mol. The Kier molecular flexibility index (Phi) is 5.63. The zero-order valence-electron chi connectivity index (χ0n) is 11.9. The molecular formula is C15H20N4O2. The van der Waals surface area contributed by atoms with Crippen molar-refractivity contribution in [2.75, 3.05) is 18.9 Å². The van der Waals surface area contributed by atoms with E-state index in [0.29, 0.717) is 18.0 Å². The average Bonchev–Trinajstić information content (AvgIpc) is 2.98. The fourth-order valence-corrected chi connectivity index (χ4v) is 1.87. The summed E-state index contributed by atoms with van der Waals surface area (Å²) >= 11 is 0. The van der Waals surface area contributed by atoms with Crippen LogP contribution in [0.2, 0.25) is 0 Å². The predicted octanol–water partition coefficient (Wildman–Crippen LogP) is 1.44. The van der Waals surface area contributed by atoms with E-state index in [1.165, 1.54) is 0 Å². The van der Waals surface area contributed by atoms with Crippen LogP contribution in [0.3, 0.4) is 0 Å². The molecule has 0 aliphatic rings. The molecule has 21 heavy (non-hydrogen) atoms. The molecule has 6 nitrogen and oxygen atoms in total. The number of unbranched alkanes of at least 4 members (excludes halogenated alkanes) is 1. The monoisotopic (exact) mass is 288 g/mol. The fourth-order valence-electron chi connectivity index (χ4n) is 1.87. The van der Waals surface area contributed by atoms with Gasteiger partial charge in [-0.25, -0.2) is 4.98 Å². The molecule has 0 fully saturated rings. The van der Waals surface area contributed by atoms with E-state index >= 15 is 0 Å². The van der Waals surface area contributed by atoms with Crippen LogP contribution in [-0.4, -0.2) is 28.6 Å². The van der Waals surface area contributed by atoms with Crippen molar-refractivity contribution < 1.29 is 9.53 Å². The molecule has 0 spiro atoms. The molecule has 1 amide bonds. The van der Waals surface area contributed by atoms with E-state index in [9.17, 15) is 4.79 Å². The van der Waals surface area contributed by atoms with E-state index < -0.39 is 0 Å². The summed E-state index contributed by atoms with van der Waals surface area (Å²) in [4.78, 5) is 15.6. The molecule has 1 heterocycles. The summed E-state index contributed by atoms with van der Waals surface area (Å²) in [6, 6.07) is 7.03. The van der Waals surface area contributed by atoms with Gasteiger partial charge in [-0.3, -0.25) is 4.79 Å². The lowest BCUT2D eigenvalue weighted by molar-refractivity contribution is -0.123. The number of nitrogen functional groups attached to an aromatic ring is 1. The molecule has 0 aliphatic heterocycles. The first kappa shape index (κ1) is 14.9. The van der Waals surface area contributed by atoms with Gasteiger partial charge in [0.1, 0.15) is 5.75 Å². The van der Waals surface area contributed by atoms with Crippen LogP contribution in [-0.2, 0) is 11.3 Å². The second-order valence-electron chi connectivity index (χ2n) is 4.72. The van der Waals surface area contributed by atoms with Gasteiger partial charge in [-0.2, -0.15) is 0 Å². The number of carbonyl (C=O) groups is 1. The third-order valence-corrected chi connectivity index (χ3v) is 2.95. The first-order valence-corrected chi connectivity index (χ1v) is 6.95. The van der Waals surface area contributed by atoms with E-state index in [1.54, 1.807) is 36.8 Å². The number of hydrogen-bond donors (Lipinski definition) is 2. The molecule has 0 aliphatic carbocycles. The van der Waals surface area contributed by atoms with Gasteiger partial charge >= 0.3 is 0 Å². The molecule has 1 aromatic heterocycles. The fraction of sp³-hybridized carbons (Fsp3) is 0.333. The number of ether oxygens (including phenoxy) is 1. The topological polar surface area (TPSA) is 82.2 Å². The number of hydrogen-bond acceptors (Lipinski definition) is 4. The molecule has 0 atom stereocenters. The van der Waals surface area contributed by atoms with E-state index in [2.05, 4.69) is 10.3 Å². The van der Waals surface area contributed by atoms with Gasteiger partial charge in [-0.15, -0.1) is 0 Å². The van der Waals surface area contributed by atoms with Crippen LogP contribution >= 0.6 is 0 Å². The lowest BCUT2D eigenvalue weighted by Crippen LogP contribution is -2.29. The Morgan fingerprint density at radius 3 is 3.05 bits per heavy atom. The van der Waals surface area contributed by atoms with Gasteiger partial charge in [0, 0.05) is 37.2 Å². The molecule has 2 aromatic rings. The number of amides is 1. The van der Waals surface area contributed by atoms with Gasteiger partial charge in [0.05, 0.1) is 6.33 Å². The second kappa shape index (κ2) is 7.94. The Morgan fingerprint density at radius 1 is 1.38 bits per heavy atom. The first-order valence-electron chi connectivity index (χ1n) is 6.95. The van der Waals surface area contributed by atoms with Gasteiger partial charge in [-0.05, 0) is 25.0 Å². The number of aromatic nitrogens is 2. The van der Waals surface area contributed by atoms with Crippen LogP contribution in [0.25, 0.3) is 0 Å². The smallest absolute Gasteiger partial charge is 0.257 e. The quantitative estimate of drug-likeness (QED) is 0.569. The van der Waals surface area contributed by atoms with Crippen molar-refractivity contribution >= 4 is 11.6 Å². The molecule has 112 valence electrons. The van der Waals surface area contributed by atoms with E-state index in [0.717, 1.165) is 19.4 Å². The number of nitrogens with two attached hydrogens (primary N) is 1. The first-order chi connectivity index (χ1) is 10.2. The van der Waals surface area contributed by atoms with E-state index in [-0.39, 0.29) is 12.5 Å². The maximum absolute atomic E-state index is 11.6. The number of anilines is 1. The van der Waals surface area contributed by atoms with Crippen LogP contribution in [0, 0.1) is 0 Å².